The molecule has 0 saturated heterocycles. The van der Waals surface area contributed by atoms with Crippen molar-refractivity contribution in [1.82, 2.24) is 24.8 Å². The number of rotatable bonds is 5. The van der Waals surface area contributed by atoms with E-state index < -0.39 is 0 Å². The maximum Gasteiger partial charge on any atom is 0.123 e. The zero-order valence-electron chi connectivity index (χ0n) is 15.1. The number of aromatic amines is 1. The summed E-state index contributed by atoms with van der Waals surface area (Å²) in [6.07, 6.45) is 10.4. The van der Waals surface area contributed by atoms with Crippen LogP contribution in [-0.2, 0) is 13.6 Å². The summed E-state index contributed by atoms with van der Waals surface area (Å²) in [4.78, 5) is 12.7. The number of aryl methyl sites for hydroxylation is 2. The predicted octanol–water partition coefficient (Wildman–Crippen LogP) is 4.02. The molecule has 1 aliphatic carbocycles. The third kappa shape index (κ3) is 3.33. The van der Waals surface area contributed by atoms with E-state index in [1.165, 1.54) is 43.2 Å². The van der Waals surface area contributed by atoms with Crippen LogP contribution >= 0.6 is 0 Å². The Balaban J connectivity index is 1.55. The van der Waals surface area contributed by atoms with E-state index in [2.05, 4.69) is 52.0 Å². The van der Waals surface area contributed by atoms with E-state index in [0.717, 1.165) is 23.7 Å². The first-order valence-corrected chi connectivity index (χ1v) is 9.37. The van der Waals surface area contributed by atoms with Crippen molar-refractivity contribution in [2.75, 3.05) is 0 Å². The molecule has 0 amide bonds. The topological polar surface area (TPSA) is 58.5 Å². The van der Waals surface area contributed by atoms with E-state index in [0.29, 0.717) is 5.92 Å². The van der Waals surface area contributed by atoms with Crippen LogP contribution in [0, 0.1) is 12.8 Å². The molecule has 2 heterocycles. The molecule has 0 radical (unpaired) electrons. The molecule has 1 unspecified atom stereocenters. The van der Waals surface area contributed by atoms with Crippen LogP contribution in [0.15, 0.2) is 30.6 Å². The van der Waals surface area contributed by atoms with E-state index in [-0.39, 0.29) is 6.04 Å². The van der Waals surface area contributed by atoms with Crippen LogP contribution in [0.2, 0.25) is 0 Å². The Morgan fingerprint density at radius 3 is 2.88 bits per heavy atom. The standard InChI is InChI=1S/C20H27N5/c1-14-8-9-17-16(12-14)24-18(25(17)2)13-23-19(20-21-10-11-22-20)15-6-4-3-5-7-15/h8-12,15,19,23H,3-7,13H2,1-2H3,(H,21,22). The number of hydrogen-bond donors (Lipinski definition) is 2. The Bertz CT molecular complexity index is 827. The molecule has 1 aliphatic rings. The molecule has 132 valence electrons. The van der Waals surface area contributed by atoms with Gasteiger partial charge in [-0.15, -0.1) is 0 Å². The molecule has 3 aromatic rings. The SMILES string of the molecule is Cc1ccc2c(c1)nc(CNC(c1ncc[nH]1)C1CCCCC1)n2C. The molecule has 0 aliphatic heterocycles. The molecule has 0 bridgehead atoms. The van der Waals surface area contributed by atoms with Gasteiger partial charge in [0, 0.05) is 19.4 Å². The summed E-state index contributed by atoms with van der Waals surface area (Å²) in [5.74, 6) is 2.78. The van der Waals surface area contributed by atoms with Gasteiger partial charge in [0.1, 0.15) is 11.6 Å². The molecular formula is C20H27N5. The maximum absolute atomic E-state index is 4.84. The number of H-pyrrole nitrogens is 1. The Morgan fingerprint density at radius 1 is 1.28 bits per heavy atom. The number of benzene rings is 1. The first-order valence-electron chi connectivity index (χ1n) is 9.37. The van der Waals surface area contributed by atoms with Crippen LogP contribution in [0.1, 0.15) is 55.4 Å². The summed E-state index contributed by atoms with van der Waals surface area (Å²) >= 11 is 0. The Labute approximate surface area is 148 Å². The summed E-state index contributed by atoms with van der Waals surface area (Å²) in [5.41, 5.74) is 3.52. The van der Waals surface area contributed by atoms with Crippen molar-refractivity contribution >= 4 is 11.0 Å². The Kier molecular flexibility index (Phi) is 4.57. The Morgan fingerprint density at radius 2 is 2.12 bits per heavy atom. The fourth-order valence-corrected chi connectivity index (χ4v) is 4.12. The van der Waals surface area contributed by atoms with Crippen molar-refractivity contribution in [1.29, 1.82) is 0 Å². The molecule has 4 rings (SSSR count). The fraction of sp³-hybridized carbons (Fsp3) is 0.500. The molecule has 1 fully saturated rings. The normalized spacial score (nSPS) is 17.2. The van der Waals surface area contributed by atoms with Crippen molar-refractivity contribution < 1.29 is 0 Å². The number of nitrogens with one attached hydrogen (secondary N) is 2. The highest BCUT2D eigenvalue weighted by atomic mass is 15.1. The quantitative estimate of drug-likeness (QED) is 0.739. The van der Waals surface area contributed by atoms with Gasteiger partial charge < -0.3 is 14.9 Å². The van der Waals surface area contributed by atoms with Gasteiger partial charge in [0.15, 0.2) is 0 Å². The largest absolute Gasteiger partial charge is 0.347 e. The number of nitrogens with zero attached hydrogens (tertiary/aromatic N) is 3. The number of imidazole rings is 2. The number of fused-ring (bicyclic) bond motifs is 1. The van der Waals surface area contributed by atoms with Gasteiger partial charge in [0.2, 0.25) is 0 Å². The summed E-state index contributed by atoms with van der Waals surface area (Å²) in [6.45, 7) is 2.87. The van der Waals surface area contributed by atoms with Crippen molar-refractivity contribution in [2.45, 2.75) is 51.6 Å². The van der Waals surface area contributed by atoms with Gasteiger partial charge in [-0.1, -0.05) is 25.3 Å². The molecular weight excluding hydrogens is 310 g/mol. The minimum atomic E-state index is 0.275. The van der Waals surface area contributed by atoms with E-state index >= 15 is 0 Å². The lowest BCUT2D eigenvalue weighted by Crippen LogP contribution is -2.31. The minimum absolute atomic E-state index is 0.275. The van der Waals surface area contributed by atoms with Crippen LogP contribution in [0.25, 0.3) is 11.0 Å². The summed E-state index contributed by atoms with van der Waals surface area (Å²) < 4.78 is 2.20. The highest BCUT2D eigenvalue weighted by Gasteiger charge is 2.26. The molecule has 1 aromatic carbocycles. The summed E-state index contributed by atoms with van der Waals surface area (Å²) in [5, 5.41) is 3.75. The number of hydrogen-bond acceptors (Lipinski definition) is 3. The van der Waals surface area contributed by atoms with Crippen molar-refractivity contribution in [3.63, 3.8) is 0 Å². The first-order chi connectivity index (χ1) is 12.2. The van der Waals surface area contributed by atoms with Crippen LogP contribution in [0.4, 0.5) is 0 Å². The smallest absolute Gasteiger partial charge is 0.123 e. The fourth-order valence-electron chi connectivity index (χ4n) is 4.12. The molecule has 5 nitrogen and oxygen atoms in total. The summed E-state index contributed by atoms with van der Waals surface area (Å²) in [6, 6.07) is 6.74. The Hall–Kier alpha value is -2.14. The van der Waals surface area contributed by atoms with Crippen molar-refractivity contribution in [2.24, 2.45) is 13.0 Å². The van der Waals surface area contributed by atoms with Gasteiger partial charge in [-0.25, -0.2) is 9.97 Å². The van der Waals surface area contributed by atoms with Gasteiger partial charge in [-0.05, 0) is 43.4 Å². The molecule has 25 heavy (non-hydrogen) atoms. The summed E-state index contributed by atoms with van der Waals surface area (Å²) in [7, 11) is 2.10. The lowest BCUT2D eigenvalue weighted by Gasteiger charge is -2.29. The second-order valence-electron chi connectivity index (χ2n) is 7.31. The second kappa shape index (κ2) is 7.00. The molecule has 5 heteroatoms. The zero-order valence-corrected chi connectivity index (χ0v) is 15.1. The monoisotopic (exact) mass is 337 g/mol. The minimum Gasteiger partial charge on any atom is -0.347 e. The van der Waals surface area contributed by atoms with Gasteiger partial charge in [0.05, 0.1) is 23.6 Å². The third-order valence-corrected chi connectivity index (χ3v) is 5.54. The lowest BCUT2D eigenvalue weighted by molar-refractivity contribution is 0.261. The molecule has 2 aromatic heterocycles. The molecule has 1 saturated carbocycles. The highest BCUT2D eigenvalue weighted by molar-refractivity contribution is 5.76. The third-order valence-electron chi connectivity index (χ3n) is 5.54. The predicted molar refractivity (Wildman–Crippen MR) is 100 cm³/mol. The molecule has 2 N–H and O–H groups in total. The maximum atomic E-state index is 4.84. The molecule has 1 atom stereocenters. The lowest BCUT2D eigenvalue weighted by atomic mass is 9.83. The average molecular weight is 337 g/mol. The van der Waals surface area contributed by atoms with Gasteiger partial charge in [-0.3, -0.25) is 0 Å². The van der Waals surface area contributed by atoms with Crippen LogP contribution in [-0.4, -0.2) is 19.5 Å². The van der Waals surface area contributed by atoms with Crippen molar-refractivity contribution in [3.05, 3.63) is 47.8 Å². The molecule has 0 spiro atoms. The van der Waals surface area contributed by atoms with Gasteiger partial charge in [-0.2, -0.15) is 0 Å². The van der Waals surface area contributed by atoms with Crippen LogP contribution < -0.4 is 5.32 Å². The van der Waals surface area contributed by atoms with E-state index in [1.807, 2.05) is 12.4 Å². The van der Waals surface area contributed by atoms with E-state index in [4.69, 9.17) is 4.98 Å². The van der Waals surface area contributed by atoms with Gasteiger partial charge >= 0.3 is 0 Å². The second-order valence-corrected chi connectivity index (χ2v) is 7.31. The first kappa shape index (κ1) is 16.3. The number of aromatic nitrogens is 4. The van der Waals surface area contributed by atoms with Crippen LogP contribution in [0.5, 0.6) is 0 Å². The van der Waals surface area contributed by atoms with Crippen LogP contribution in [0.3, 0.4) is 0 Å². The van der Waals surface area contributed by atoms with E-state index in [9.17, 15) is 0 Å². The zero-order chi connectivity index (χ0) is 17.2. The van der Waals surface area contributed by atoms with Gasteiger partial charge in [0.25, 0.3) is 0 Å². The highest BCUT2D eigenvalue weighted by Crippen LogP contribution is 2.33. The average Bonchev–Trinajstić information content (AvgIpc) is 3.25. The van der Waals surface area contributed by atoms with E-state index in [1.54, 1.807) is 0 Å². The van der Waals surface area contributed by atoms with Crippen molar-refractivity contribution in [3.8, 4) is 0 Å².